The van der Waals surface area contributed by atoms with E-state index in [2.05, 4.69) is 67.4 Å². The third-order valence-corrected chi connectivity index (χ3v) is 6.50. The van der Waals surface area contributed by atoms with Gasteiger partial charge in [0.25, 0.3) is 5.91 Å². The van der Waals surface area contributed by atoms with Crippen LogP contribution in [0, 0.1) is 0 Å². The third-order valence-electron chi connectivity index (χ3n) is 6.50. The second-order valence-corrected chi connectivity index (χ2v) is 8.53. The predicted octanol–water partition coefficient (Wildman–Crippen LogP) is 4.98. The minimum absolute atomic E-state index is 0.00480. The van der Waals surface area contributed by atoms with Crippen molar-refractivity contribution in [3.63, 3.8) is 0 Å². The van der Waals surface area contributed by atoms with Gasteiger partial charge >= 0.3 is 0 Å². The first-order valence-corrected chi connectivity index (χ1v) is 11.3. The zero-order chi connectivity index (χ0) is 21.5. The lowest BCUT2D eigenvalue weighted by Gasteiger charge is -2.28. The van der Waals surface area contributed by atoms with Crippen molar-refractivity contribution in [2.24, 2.45) is 0 Å². The molecule has 0 aliphatic carbocycles. The smallest absolute Gasteiger partial charge is 0.251 e. The maximum absolute atomic E-state index is 11.9. The van der Waals surface area contributed by atoms with E-state index >= 15 is 0 Å². The van der Waals surface area contributed by atoms with Gasteiger partial charge in [-0.15, -0.1) is 0 Å². The van der Waals surface area contributed by atoms with Crippen molar-refractivity contribution in [3.8, 4) is 11.3 Å². The number of benzene rings is 2. The molecule has 4 heterocycles. The number of carbonyl (C=O) groups excluding carboxylic acids is 1. The molecule has 2 N–H and O–H groups in total. The highest BCUT2D eigenvalue weighted by atomic mass is 16.1. The van der Waals surface area contributed by atoms with Crippen molar-refractivity contribution >= 4 is 28.6 Å². The number of imidazole rings is 1. The van der Waals surface area contributed by atoms with E-state index in [0.29, 0.717) is 6.54 Å². The summed E-state index contributed by atoms with van der Waals surface area (Å²) < 4.78 is 2.09. The molecule has 6 nitrogen and oxygen atoms in total. The van der Waals surface area contributed by atoms with Gasteiger partial charge in [-0.2, -0.15) is 0 Å². The fourth-order valence-corrected chi connectivity index (χ4v) is 4.80. The van der Waals surface area contributed by atoms with Crippen molar-refractivity contribution < 1.29 is 4.79 Å². The molecule has 32 heavy (non-hydrogen) atoms. The van der Waals surface area contributed by atoms with E-state index < -0.39 is 0 Å². The molecule has 2 aliphatic heterocycles. The van der Waals surface area contributed by atoms with Gasteiger partial charge in [-0.25, -0.2) is 4.98 Å². The molecule has 2 aliphatic rings. The monoisotopic (exact) mass is 423 g/mol. The molecule has 1 amide bonds. The molecule has 160 valence electrons. The van der Waals surface area contributed by atoms with Gasteiger partial charge in [0.1, 0.15) is 0 Å². The number of rotatable bonds is 4. The van der Waals surface area contributed by atoms with E-state index in [0.717, 1.165) is 52.5 Å². The largest absolute Gasteiger partial charge is 0.372 e. The third kappa shape index (κ3) is 3.28. The van der Waals surface area contributed by atoms with Crippen LogP contribution in [0.1, 0.15) is 35.2 Å². The van der Waals surface area contributed by atoms with Crippen LogP contribution in [0.15, 0.2) is 67.0 Å². The second-order valence-electron chi connectivity index (χ2n) is 8.53. The zero-order valence-electron chi connectivity index (χ0n) is 17.8. The number of nitrogens with one attached hydrogen (secondary N) is 2. The molecule has 0 saturated carbocycles. The molecular formula is C26H25N5O. The van der Waals surface area contributed by atoms with Gasteiger partial charge in [-0.05, 0) is 78.9 Å². The SMILES string of the molecule is O=C1NCc2cc(-c3ccc(Nc4ccc(N5CCCCC5)cc4)c4nccn34)ccc21. The van der Waals surface area contributed by atoms with Crippen LogP contribution in [0.25, 0.3) is 16.9 Å². The van der Waals surface area contributed by atoms with Gasteiger partial charge in [-0.1, -0.05) is 6.07 Å². The summed E-state index contributed by atoms with van der Waals surface area (Å²) >= 11 is 0. The Balaban J connectivity index is 1.29. The summed E-state index contributed by atoms with van der Waals surface area (Å²) in [5.41, 5.74) is 8.09. The van der Waals surface area contributed by atoms with Crippen LogP contribution in [-0.2, 0) is 6.54 Å². The first-order valence-electron chi connectivity index (χ1n) is 11.3. The Bertz CT molecular complexity index is 1300. The van der Waals surface area contributed by atoms with Crippen LogP contribution in [0.5, 0.6) is 0 Å². The number of pyridine rings is 1. The molecule has 0 bridgehead atoms. The topological polar surface area (TPSA) is 61.7 Å². The Morgan fingerprint density at radius 1 is 0.938 bits per heavy atom. The fourth-order valence-electron chi connectivity index (χ4n) is 4.80. The van der Waals surface area contributed by atoms with Gasteiger partial charge < -0.3 is 15.5 Å². The first-order chi connectivity index (χ1) is 15.8. The van der Waals surface area contributed by atoms with Crippen molar-refractivity contribution in [1.29, 1.82) is 0 Å². The Labute approximate surface area is 186 Å². The van der Waals surface area contributed by atoms with Crippen LogP contribution in [-0.4, -0.2) is 28.4 Å². The van der Waals surface area contributed by atoms with Crippen molar-refractivity contribution in [3.05, 3.63) is 78.1 Å². The average Bonchev–Trinajstić information content (AvgIpc) is 3.48. The second kappa shape index (κ2) is 7.71. The van der Waals surface area contributed by atoms with Crippen molar-refractivity contribution in [2.75, 3.05) is 23.3 Å². The molecule has 6 rings (SSSR count). The Morgan fingerprint density at radius 3 is 2.62 bits per heavy atom. The number of hydrogen-bond donors (Lipinski definition) is 2. The summed E-state index contributed by atoms with van der Waals surface area (Å²) in [6.07, 6.45) is 7.70. The predicted molar refractivity (Wildman–Crippen MR) is 128 cm³/mol. The number of carbonyl (C=O) groups is 1. The van der Waals surface area contributed by atoms with Gasteiger partial charge in [0.15, 0.2) is 5.65 Å². The molecule has 1 fully saturated rings. The lowest BCUT2D eigenvalue weighted by molar-refractivity contribution is 0.0966. The molecule has 2 aromatic heterocycles. The van der Waals surface area contributed by atoms with E-state index in [4.69, 9.17) is 0 Å². The van der Waals surface area contributed by atoms with Gasteiger partial charge in [0.05, 0.1) is 11.4 Å². The summed E-state index contributed by atoms with van der Waals surface area (Å²) in [5, 5.41) is 6.42. The Hall–Kier alpha value is -3.80. The fraction of sp³-hybridized carbons (Fsp3) is 0.231. The number of piperidine rings is 1. The summed E-state index contributed by atoms with van der Waals surface area (Å²) in [4.78, 5) is 18.9. The van der Waals surface area contributed by atoms with E-state index in [1.165, 1.54) is 24.9 Å². The highest BCUT2D eigenvalue weighted by Gasteiger charge is 2.19. The highest BCUT2D eigenvalue weighted by Crippen LogP contribution is 2.30. The summed E-state index contributed by atoms with van der Waals surface area (Å²) in [6, 6.07) is 18.9. The van der Waals surface area contributed by atoms with Crippen LogP contribution in [0.3, 0.4) is 0 Å². The number of nitrogens with zero attached hydrogens (tertiary/aromatic N) is 3. The molecule has 1 saturated heterocycles. The Kier molecular flexibility index (Phi) is 4.56. The van der Waals surface area contributed by atoms with Gasteiger partial charge in [-0.3, -0.25) is 9.20 Å². The van der Waals surface area contributed by atoms with E-state index in [9.17, 15) is 4.79 Å². The minimum atomic E-state index is 0.00480. The lowest BCUT2D eigenvalue weighted by atomic mass is 10.0. The molecule has 2 aromatic carbocycles. The molecule has 4 aromatic rings. The van der Waals surface area contributed by atoms with E-state index in [1.54, 1.807) is 0 Å². The molecular weight excluding hydrogens is 398 g/mol. The molecule has 6 heteroatoms. The van der Waals surface area contributed by atoms with Crippen molar-refractivity contribution in [2.45, 2.75) is 25.8 Å². The number of hydrogen-bond acceptors (Lipinski definition) is 4. The summed E-state index contributed by atoms with van der Waals surface area (Å²) in [7, 11) is 0. The summed E-state index contributed by atoms with van der Waals surface area (Å²) in [6.45, 7) is 2.88. The van der Waals surface area contributed by atoms with Crippen LogP contribution in [0.2, 0.25) is 0 Å². The molecule has 0 spiro atoms. The first kappa shape index (κ1) is 18.9. The van der Waals surface area contributed by atoms with Gasteiger partial charge in [0, 0.05) is 49.0 Å². The Morgan fingerprint density at radius 2 is 1.78 bits per heavy atom. The molecule has 0 unspecified atom stereocenters. The van der Waals surface area contributed by atoms with Crippen LogP contribution < -0.4 is 15.5 Å². The quantitative estimate of drug-likeness (QED) is 0.486. The minimum Gasteiger partial charge on any atom is -0.372 e. The van der Waals surface area contributed by atoms with Crippen molar-refractivity contribution in [1.82, 2.24) is 14.7 Å². The standard InChI is InChI=1S/C26H25N5O/c32-26-22-9-4-18(16-19(22)17-28-26)24-11-10-23(25-27-12-15-31(24)25)29-20-5-7-21(8-6-20)30-13-2-1-3-14-30/h4-12,15-16,29H,1-3,13-14,17H2,(H,28,32). The lowest BCUT2D eigenvalue weighted by Crippen LogP contribution is -2.29. The highest BCUT2D eigenvalue weighted by molar-refractivity contribution is 5.99. The maximum atomic E-state index is 11.9. The molecule has 0 atom stereocenters. The number of aromatic nitrogens is 2. The van der Waals surface area contributed by atoms with Crippen LogP contribution >= 0.6 is 0 Å². The number of fused-ring (bicyclic) bond motifs is 2. The maximum Gasteiger partial charge on any atom is 0.251 e. The number of anilines is 3. The average molecular weight is 424 g/mol. The van der Waals surface area contributed by atoms with Gasteiger partial charge in [0.2, 0.25) is 0 Å². The zero-order valence-corrected chi connectivity index (χ0v) is 17.8. The molecule has 0 radical (unpaired) electrons. The normalized spacial score (nSPS) is 15.6. The van der Waals surface area contributed by atoms with E-state index in [1.807, 2.05) is 24.5 Å². The van der Waals surface area contributed by atoms with Crippen LogP contribution in [0.4, 0.5) is 17.1 Å². The number of amides is 1. The summed E-state index contributed by atoms with van der Waals surface area (Å²) in [5.74, 6) is 0.00480. The van der Waals surface area contributed by atoms with E-state index in [-0.39, 0.29) is 5.91 Å².